The Kier molecular flexibility index (Phi) is 10.6. The molecule has 1 aromatic heterocycles. The summed E-state index contributed by atoms with van der Waals surface area (Å²) in [6.07, 6.45) is 15.5. The Bertz CT molecular complexity index is 594. The van der Waals surface area contributed by atoms with Crippen molar-refractivity contribution in [2.75, 3.05) is 13.6 Å². The first kappa shape index (κ1) is 23.4. The lowest BCUT2D eigenvalue weighted by Gasteiger charge is -2.24. The summed E-state index contributed by atoms with van der Waals surface area (Å²) in [6, 6.07) is 0.461. The van der Waals surface area contributed by atoms with Crippen LogP contribution in [0.5, 0.6) is 0 Å². The van der Waals surface area contributed by atoms with Crippen LogP contribution in [-0.2, 0) is 19.4 Å². The van der Waals surface area contributed by atoms with Crippen molar-refractivity contribution in [1.82, 2.24) is 25.4 Å². The van der Waals surface area contributed by atoms with Gasteiger partial charge in [0.2, 0.25) is 0 Å². The number of halogens is 1. The zero-order valence-electron chi connectivity index (χ0n) is 17.8. The molecule has 1 fully saturated rings. The van der Waals surface area contributed by atoms with Crippen molar-refractivity contribution >= 4 is 29.9 Å². The SMILES string of the molecule is CN=C(NCCc1nnc2n1CCCCC2)NC(C)CCC1CCCCC1.I. The number of nitrogens with one attached hydrogen (secondary N) is 2. The third-order valence-corrected chi connectivity index (χ3v) is 6.17. The largest absolute Gasteiger partial charge is 0.356 e. The molecule has 3 rings (SSSR count). The Morgan fingerprint density at radius 2 is 1.93 bits per heavy atom. The van der Waals surface area contributed by atoms with E-state index >= 15 is 0 Å². The molecule has 7 heteroatoms. The highest BCUT2D eigenvalue weighted by Gasteiger charge is 2.16. The van der Waals surface area contributed by atoms with E-state index < -0.39 is 0 Å². The van der Waals surface area contributed by atoms with Crippen LogP contribution in [0.4, 0.5) is 0 Å². The molecule has 0 amide bonds. The van der Waals surface area contributed by atoms with Gasteiger partial charge in [0.15, 0.2) is 5.96 Å². The van der Waals surface area contributed by atoms with Gasteiger partial charge in [0.05, 0.1) is 0 Å². The summed E-state index contributed by atoms with van der Waals surface area (Å²) < 4.78 is 2.33. The second-order valence-electron chi connectivity index (χ2n) is 8.37. The maximum Gasteiger partial charge on any atom is 0.191 e. The average Bonchev–Trinajstić information content (AvgIpc) is 2.92. The van der Waals surface area contributed by atoms with Crippen LogP contribution in [0.15, 0.2) is 4.99 Å². The molecule has 6 nitrogen and oxygen atoms in total. The van der Waals surface area contributed by atoms with Gasteiger partial charge < -0.3 is 15.2 Å². The molecule has 2 heterocycles. The highest BCUT2D eigenvalue weighted by Crippen LogP contribution is 2.27. The first-order valence-electron chi connectivity index (χ1n) is 11.1. The first-order chi connectivity index (χ1) is 13.3. The van der Waals surface area contributed by atoms with Gasteiger partial charge in [-0.1, -0.05) is 38.5 Å². The van der Waals surface area contributed by atoms with Crippen LogP contribution in [0.1, 0.15) is 82.8 Å². The lowest BCUT2D eigenvalue weighted by atomic mass is 9.85. The Balaban J connectivity index is 0.00000280. The molecule has 1 unspecified atom stereocenters. The quantitative estimate of drug-likeness (QED) is 0.335. The minimum atomic E-state index is 0. The molecule has 0 spiro atoms. The molecule has 0 radical (unpaired) electrons. The van der Waals surface area contributed by atoms with Gasteiger partial charge in [0, 0.05) is 39.0 Å². The number of guanidine groups is 1. The van der Waals surface area contributed by atoms with Crippen LogP contribution in [0.25, 0.3) is 0 Å². The first-order valence-corrected chi connectivity index (χ1v) is 11.1. The van der Waals surface area contributed by atoms with Crippen LogP contribution in [0, 0.1) is 5.92 Å². The van der Waals surface area contributed by atoms with Crippen molar-refractivity contribution in [3.63, 3.8) is 0 Å². The fourth-order valence-corrected chi connectivity index (χ4v) is 4.48. The predicted octanol–water partition coefficient (Wildman–Crippen LogP) is 4.08. The topological polar surface area (TPSA) is 67.1 Å². The van der Waals surface area contributed by atoms with E-state index in [1.54, 1.807) is 0 Å². The van der Waals surface area contributed by atoms with Gasteiger partial charge in [-0.2, -0.15) is 0 Å². The van der Waals surface area contributed by atoms with Crippen LogP contribution in [0.2, 0.25) is 0 Å². The fraction of sp³-hybridized carbons (Fsp3) is 0.857. The molecule has 160 valence electrons. The third kappa shape index (κ3) is 7.19. The molecule has 1 aliphatic heterocycles. The van der Waals surface area contributed by atoms with Crippen LogP contribution in [0.3, 0.4) is 0 Å². The molecule has 1 aliphatic carbocycles. The zero-order valence-corrected chi connectivity index (χ0v) is 20.1. The van der Waals surface area contributed by atoms with Crippen LogP contribution >= 0.6 is 24.0 Å². The molecular weight excluding hydrogens is 463 g/mol. The van der Waals surface area contributed by atoms with Crippen molar-refractivity contribution in [2.24, 2.45) is 10.9 Å². The maximum atomic E-state index is 4.42. The van der Waals surface area contributed by atoms with E-state index in [9.17, 15) is 0 Å². The highest BCUT2D eigenvalue weighted by molar-refractivity contribution is 14.0. The molecule has 2 aliphatic rings. The van der Waals surface area contributed by atoms with E-state index in [0.717, 1.165) is 43.6 Å². The summed E-state index contributed by atoms with van der Waals surface area (Å²) in [5.74, 6) is 4.13. The molecule has 1 aromatic rings. The Morgan fingerprint density at radius 3 is 2.71 bits per heavy atom. The second-order valence-corrected chi connectivity index (χ2v) is 8.37. The average molecular weight is 502 g/mol. The summed E-state index contributed by atoms with van der Waals surface area (Å²) in [7, 11) is 1.85. The Labute approximate surface area is 187 Å². The van der Waals surface area contributed by atoms with E-state index in [-0.39, 0.29) is 24.0 Å². The summed E-state index contributed by atoms with van der Waals surface area (Å²) in [5.41, 5.74) is 0. The Hall–Kier alpha value is -0.860. The number of fused-ring (bicyclic) bond motifs is 1. The van der Waals surface area contributed by atoms with Crippen molar-refractivity contribution in [3.8, 4) is 0 Å². The molecule has 1 atom stereocenters. The van der Waals surface area contributed by atoms with E-state index in [2.05, 4.69) is 37.3 Å². The lowest BCUT2D eigenvalue weighted by molar-refractivity contribution is 0.322. The van der Waals surface area contributed by atoms with E-state index in [0.29, 0.717) is 6.04 Å². The lowest BCUT2D eigenvalue weighted by Crippen LogP contribution is -2.43. The molecule has 0 aromatic carbocycles. The number of nitrogens with zero attached hydrogens (tertiary/aromatic N) is 4. The summed E-state index contributed by atoms with van der Waals surface area (Å²) >= 11 is 0. The smallest absolute Gasteiger partial charge is 0.191 e. The van der Waals surface area contributed by atoms with Crippen molar-refractivity contribution < 1.29 is 0 Å². The second kappa shape index (κ2) is 12.6. The van der Waals surface area contributed by atoms with Gasteiger partial charge in [-0.15, -0.1) is 34.2 Å². The number of aryl methyl sites for hydroxylation is 1. The van der Waals surface area contributed by atoms with Gasteiger partial charge in [0.1, 0.15) is 11.6 Å². The predicted molar refractivity (Wildman–Crippen MR) is 126 cm³/mol. The van der Waals surface area contributed by atoms with Crippen molar-refractivity contribution in [1.29, 1.82) is 0 Å². The Morgan fingerprint density at radius 1 is 1.14 bits per heavy atom. The van der Waals surface area contributed by atoms with E-state index in [4.69, 9.17) is 0 Å². The molecule has 1 saturated carbocycles. The number of rotatable bonds is 7. The number of aromatic nitrogens is 3. The van der Waals surface area contributed by atoms with Gasteiger partial charge >= 0.3 is 0 Å². The van der Waals surface area contributed by atoms with E-state index in [1.807, 2.05) is 7.05 Å². The van der Waals surface area contributed by atoms with Crippen LogP contribution < -0.4 is 10.6 Å². The molecule has 2 N–H and O–H groups in total. The van der Waals surface area contributed by atoms with Crippen molar-refractivity contribution in [2.45, 2.75) is 96.6 Å². The highest BCUT2D eigenvalue weighted by atomic mass is 127. The normalized spacial score (nSPS) is 19.3. The fourth-order valence-electron chi connectivity index (χ4n) is 4.48. The number of hydrogen-bond donors (Lipinski definition) is 2. The van der Waals surface area contributed by atoms with Gasteiger partial charge in [-0.25, -0.2) is 0 Å². The van der Waals surface area contributed by atoms with Crippen molar-refractivity contribution in [3.05, 3.63) is 11.6 Å². The zero-order chi connectivity index (χ0) is 18.9. The monoisotopic (exact) mass is 502 g/mol. The molecule has 0 saturated heterocycles. The summed E-state index contributed by atoms with van der Waals surface area (Å²) in [5, 5.41) is 15.8. The standard InChI is InChI=1S/C21H38N6.HI/c1-17(12-13-18-9-5-3-6-10-18)24-21(22-2)23-15-14-20-26-25-19-11-7-4-8-16-27(19)20;/h17-18H,3-16H2,1-2H3,(H2,22,23,24);1H. The minimum absolute atomic E-state index is 0. The van der Waals surface area contributed by atoms with Gasteiger partial charge in [-0.05, 0) is 38.5 Å². The number of hydrogen-bond acceptors (Lipinski definition) is 3. The summed E-state index contributed by atoms with van der Waals surface area (Å²) in [4.78, 5) is 4.40. The summed E-state index contributed by atoms with van der Waals surface area (Å²) in [6.45, 7) is 4.18. The number of aliphatic imine (C=N–C) groups is 1. The molecule has 28 heavy (non-hydrogen) atoms. The third-order valence-electron chi connectivity index (χ3n) is 6.17. The molecular formula is C21H39IN6. The molecule has 0 bridgehead atoms. The van der Waals surface area contributed by atoms with Gasteiger partial charge in [0.25, 0.3) is 0 Å². The van der Waals surface area contributed by atoms with E-state index in [1.165, 1.54) is 70.0 Å². The van der Waals surface area contributed by atoms with Crippen LogP contribution in [-0.4, -0.2) is 40.4 Å². The maximum absolute atomic E-state index is 4.42. The minimum Gasteiger partial charge on any atom is -0.356 e. The van der Waals surface area contributed by atoms with Gasteiger partial charge in [-0.3, -0.25) is 4.99 Å².